The van der Waals surface area contributed by atoms with Crippen molar-refractivity contribution < 1.29 is 5.11 Å². The first-order valence-electron chi connectivity index (χ1n) is 6.02. The van der Waals surface area contributed by atoms with E-state index in [9.17, 15) is 5.11 Å². The third-order valence-corrected chi connectivity index (χ3v) is 3.27. The highest BCUT2D eigenvalue weighted by Gasteiger charge is 2.25. The van der Waals surface area contributed by atoms with Gasteiger partial charge in [-0.15, -0.1) is 0 Å². The molecule has 1 unspecified atom stereocenters. The first-order valence-corrected chi connectivity index (χ1v) is 6.02. The van der Waals surface area contributed by atoms with Crippen molar-refractivity contribution in [1.82, 2.24) is 4.98 Å². The lowest BCUT2D eigenvalue weighted by atomic mass is 9.98. The summed E-state index contributed by atoms with van der Waals surface area (Å²) in [7, 11) is 0. The van der Waals surface area contributed by atoms with Crippen LogP contribution >= 0.6 is 0 Å². The standard InChI is InChI=1S/C12H20N4O/c1-12(17)6-3-8-16(9-7-12)11-5-2-4-10(14-11)15-13/h2,4-5,17H,3,6-9,13H2,1H3,(H,14,15). The largest absolute Gasteiger partial charge is 0.390 e. The summed E-state index contributed by atoms with van der Waals surface area (Å²) in [5.41, 5.74) is 2.01. The molecule has 5 heteroatoms. The summed E-state index contributed by atoms with van der Waals surface area (Å²) in [5, 5.41) is 10.0. The van der Waals surface area contributed by atoms with Gasteiger partial charge >= 0.3 is 0 Å². The molecule has 0 aromatic carbocycles. The molecule has 4 N–H and O–H groups in total. The smallest absolute Gasteiger partial charge is 0.142 e. The Morgan fingerprint density at radius 1 is 1.41 bits per heavy atom. The number of hydrazine groups is 1. The van der Waals surface area contributed by atoms with Gasteiger partial charge in [0.25, 0.3) is 0 Å². The topological polar surface area (TPSA) is 74.4 Å². The number of nitrogen functional groups attached to an aromatic ring is 1. The Hall–Kier alpha value is -1.33. The van der Waals surface area contributed by atoms with Gasteiger partial charge < -0.3 is 15.4 Å². The monoisotopic (exact) mass is 236 g/mol. The highest BCUT2D eigenvalue weighted by Crippen LogP contribution is 2.24. The SMILES string of the molecule is CC1(O)CCCN(c2cccc(NN)n2)CC1. The molecule has 0 saturated carbocycles. The predicted octanol–water partition coefficient (Wildman–Crippen LogP) is 1.11. The fourth-order valence-electron chi connectivity index (χ4n) is 2.17. The maximum absolute atomic E-state index is 10.0. The Morgan fingerprint density at radius 2 is 2.24 bits per heavy atom. The Kier molecular flexibility index (Phi) is 3.49. The van der Waals surface area contributed by atoms with Crippen LogP contribution in [0.2, 0.25) is 0 Å². The summed E-state index contributed by atoms with van der Waals surface area (Å²) in [6, 6.07) is 5.74. The summed E-state index contributed by atoms with van der Waals surface area (Å²) in [6.07, 6.45) is 2.60. The molecule has 0 radical (unpaired) electrons. The summed E-state index contributed by atoms with van der Waals surface area (Å²) < 4.78 is 0. The van der Waals surface area contributed by atoms with E-state index in [1.165, 1.54) is 0 Å². The lowest BCUT2D eigenvalue weighted by Crippen LogP contribution is -2.29. The zero-order valence-electron chi connectivity index (χ0n) is 10.2. The number of anilines is 2. The molecule has 17 heavy (non-hydrogen) atoms. The van der Waals surface area contributed by atoms with Gasteiger partial charge in [0.1, 0.15) is 11.6 Å². The van der Waals surface area contributed by atoms with E-state index in [-0.39, 0.29) is 0 Å². The molecule has 0 spiro atoms. The molecule has 0 aliphatic carbocycles. The number of nitrogens with zero attached hydrogens (tertiary/aromatic N) is 2. The Balaban J connectivity index is 2.11. The minimum atomic E-state index is -0.543. The predicted molar refractivity (Wildman–Crippen MR) is 68.7 cm³/mol. The molecule has 5 nitrogen and oxygen atoms in total. The average molecular weight is 236 g/mol. The zero-order chi connectivity index (χ0) is 12.3. The number of hydrogen-bond donors (Lipinski definition) is 3. The van der Waals surface area contributed by atoms with Crippen molar-refractivity contribution in [3.63, 3.8) is 0 Å². The summed E-state index contributed by atoms with van der Waals surface area (Å²) in [6.45, 7) is 3.66. The number of rotatable bonds is 2. The van der Waals surface area contributed by atoms with E-state index >= 15 is 0 Å². The first-order chi connectivity index (χ1) is 8.11. The first kappa shape index (κ1) is 12.1. The number of aromatic nitrogens is 1. The number of nitrogens with one attached hydrogen (secondary N) is 1. The number of aliphatic hydroxyl groups is 1. The normalized spacial score (nSPS) is 25.5. The molecule has 1 fully saturated rings. The van der Waals surface area contributed by atoms with Crippen LogP contribution in [-0.2, 0) is 0 Å². The molecule has 0 amide bonds. The molecule has 1 saturated heterocycles. The minimum Gasteiger partial charge on any atom is -0.390 e. The molecular weight excluding hydrogens is 216 g/mol. The van der Waals surface area contributed by atoms with Gasteiger partial charge in [-0.2, -0.15) is 0 Å². The maximum atomic E-state index is 10.0. The molecule has 0 bridgehead atoms. The van der Waals surface area contributed by atoms with E-state index in [1.54, 1.807) is 0 Å². The second-order valence-electron chi connectivity index (χ2n) is 4.86. The van der Waals surface area contributed by atoms with Crippen LogP contribution in [0.4, 0.5) is 11.6 Å². The van der Waals surface area contributed by atoms with E-state index < -0.39 is 5.60 Å². The minimum absolute atomic E-state index is 0.543. The maximum Gasteiger partial charge on any atom is 0.142 e. The van der Waals surface area contributed by atoms with E-state index in [2.05, 4.69) is 15.3 Å². The van der Waals surface area contributed by atoms with Crippen LogP contribution in [0.15, 0.2) is 18.2 Å². The van der Waals surface area contributed by atoms with Gasteiger partial charge in [0.05, 0.1) is 5.60 Å². The third kappa shape index (κ3) is 3.08. The average Bonchev–Trinajstić information content (AvgIpc) is 2.50. The van der Waals surface area contributed by atoms with Crippen LogP contribution in [0.25, 0.3) is 0 Å². The van der Waals surface area contributed by atoms with E-state index in [4.69, 9.17) is 5.84 Å². The van der Waals surface area contributed by atoms with Gasteiger partial charge in [0, 0.05) is 13.1 Å². The van der Waals surface area contributed by atoms with Crippen molar-refractivity contribution in [3.8, 4) is 0 Å². The summed E-state index contributed by atoms with van der Waals surface area (Å²) >= 11 is 0. The van der Waals surface area contributed by atoms with Crippen molar-refractivity contribution in [3.05, 3.63) is 18.2 Å². The fourth-order valence-corrected chi connectivity index (χ4v) is 2.17. The molecule has 1 aliphatic rings. The Bertz CT molecular complexity index is 381. The van der Waals surface area contributed by atoms with Gasteiger partial charge in [-0.1, -0.05) is 6.07 Å². The Morgan fingerprint density at radius 3 is 3.00 bits per heavy atom. The quantitative estimate of drug-likeness (QED) is 0.530. The van der Waals surface area contributed by atoms with Crippen LogP contribution < -0.4 is 16.2 Å². The number of pyridine rings is 1. The Labute approximate surface area is 102 Å². The molecule has 1 aromatic rings. The van der Waals surface area contributed by atoms with Gasteiger partial charge in [-0.3, -0.25) is 0 Å². The number of hydrogen-bond acceptors (Lipinski definition) is 5. The highest BCUT2D eigenvalue weighted by molar-refractivity contribution is 5.46. The van der Waals surface area contributed by atoms with Crippen LogP contribution in [0.5, 0.6) is 0 Å². The molecular formula is C12H20N4O. The molecule has 2 heterocycles. The third-order valence-electron chi connectivity index (χ3n) is 3.27. The van der Waals surface area contributed by atoms with Gasteiger partial charge in [-0.25, -0.2) is 10.8 Å². The van der Waals surface area contributed by atoms with Crippen LogP contribution in [-0.4, -0.2) is 28.8 Å². The summed E-state index contributed by atoms with van der Waals surface area (Å²) in [4.78, 5) is 6.61. The second-order valence-corrected chi connectivity index (χ2v) is 4.86. The molecule has 1 atom stereocenters. The van der Waals surface area contributed by atoms with Crippen molar-refractivity contribution in [2.24, 2.45) is 5.84 Å². The van der Waals surface area contributed by atoms with Crippen molar-refractivity contribution in [2.75, 3.05) is 23.4 Å². The lowest BCUT2D eigenvalue weighted by Gasteiger charge is -2.23. The second kappa shape index (κ2) is 4.89. The van der Waals surface area contributed by atoms with Gasteiger partial charge in [-0.05, 0) is 38.3 Å². The lowest BCUT2D eigenvalue weighted by molar-refractivity contribution is 0.0481. The van der Waals surface area contributed by atoms with E-state index in [0.717, 1.165) is 38.2 Å². The van der Waals surface area contributed by atoms with Crippen molar-refractivity contribution in [2.45, 2.75) is 31.8 Å². The van der Waals surface area contributed by atoms with Crippen molar-refractivity contribution >= 4 is 11.6 Å². The fraction of sp³-hybridized carbons (Fsp3) is 0.583. The van der Waals surface area contributed by atoms with Gasteiger partial charge in [0.15, 0.2) is 0 Å². The molecule has 1 aliphatic heterocycles. The number of nitrogens with two attached hydrogens (primary N) is 1. The van der Waals surface area contributed by atoms with Crippen LogP contribution in [0.1, 0.15) is 26.2 Å². The molecule has 1 aromatic heterocycles. The van der Waals surface area contributed by atoms with Crippen molar-refractivity contribution in [1.29, 1.82) is 0 Å². The highest BCUT2D eigenvalue weighted by atomic mass is 16.3. The van der Waals surface area contributed by atoms with E-state index in [0.29, 0.717) is 5.82 Å². The van der Waals surface area contributed by atoms with Crippen LogP contribution in [0.3, 0.4) is 0 Å². The van der Waals surface area contributed by atoms with Crippen LogP contribution in [0, 0.1) is 0 Å². The zero-order valence-corrected chi connectivity index (χ0v) is 10.2. The molecule has 2 rings (SSSR count). The van der Waals surface area contributed by atoms with E-state index in [1.807, 2.05) is 25.1 Å². The molecule has 94 valence electrons. The summed E-state index contributed by atoms with van der Waals surface area (Å²) in [5.74, 6) is 6.93. The van der Waals surface area contributed by atoms with Gasteiger partial charge in [0.2, 0.25) is 0 Å².